The first kappa shape index (κ1) is 14.8. The molecule has 2 rings (SSSR count). The zero-order valence-corrected chi connectivity index (χ0v) is 14.0. The molecule has 5 heteroatoms. The zero-order valence-electron chi connectivity index (χ0n) is 11.6. The summed E-state index contributed by atoms with van der Waals surface area (Å²) in [5.74, 6) is 0. The van der Waals surface area contributed by atoms with Crippen molar-refractivity contribution in [2.24, 2.45) is 0 Å². The first-order valence-corrected chi connectivity index (χ1v) is 8.25. The molecule has 0 amide bonds. The number of hydrogen-bond donors (Lipinski definition) is 1. The van der Waals surface area contributed by atoms with E-state index in [-0.39, 0.29) is 0 Å². The van der Waals surface area contributed by atoms with Gasteiger partial charge < -0.3 is 5.32 Å². The second-order valence-electron chi connectivity index (χ2n) is 4.62. The van der Waals surface area contributed by atoms with E-state index in [2.05, 4.69) is 59.4 Å². The van der Waals surface area contributed by atoms with E-state index in [0.717, 1.165) is 19.5 Å². The van der Waals surface area contributed by atoms with Crippen LogP contribution in [0, 0.1) is 6.92 Å². The smallest absolute Gasteiger partial charge is 0.0731 e. The summed E-state index contributed by atoms with van der Waals surface area (Å²) in [5, 5.41) is 7.92. The third-order valence-corrected chi connectivity index (χ3v) is 5.37. The molecule has 0 radical (unpaired) electrons. The van der Waals surface area contributed by atoms with Crippen molar-refractivity contribution < 1.29 is 0 Å². The van der Waals surface area contributed by atoms with Crippen LogP contribution in [0.4, 0.5) is 0 Å². The highest BCUT2D eigenvalue weighted by Gasteiger charge is 2.15. The highest BCUT2D eigenvalue weighted by Crippen LogP contribution is 2.32. The first-order valence-electron chi connectivity index (χ1n) is 6.64. The fourth-order valence-corrected chi connectivity index (χ4v) is 3.74. The number of likely N-dealkylation sites (N-methyl/N-ethyl adjacent to an activating group) is 1. The third kappa shape index (κ3) is 3.68. The van der Waals surface area contributed by atoms with Crippen LogP contribution in [0.3, 0.4) is 0 Å². The van der Waals surface area contributed by atoms with Gasteiger partial charge in [-0.15, -0.1) is 11.3 Å². The van der Waals surface area contributed by atoms with Crippen LogP contribution in [0.15, 0.2) is 22.2 Å². The molecule has 2 aromatic rings. The van der Waals surface area contributed by atoms with Gasteiger partial charge in [-0.05, 0) is 59.9 Å². The molecule has 0 spiro atoms. The molecule has 0 fully saturated rings. The topological polar surface area (TPSA) is 29.9 Å². The van der Waals surface area contributed by atoms with E-state index in [1.165, 1.54) is 19.8 Å². The molecule has 0 aliphatic heterocycles. The summed E-state index contributed by atoms with van der Waals surface area (Å²) in [5.41, 5.74) is 2.60. The molecule has 0 aliphatic rings. The summed E-state index contributed by atoms with van der Waals surface area (Å²) >= 11 is 5.43. The van der Waals surface area contributed by atoms with Crippen LogP contribution in [0.5, 0.6) is 0 Å². The molecular formula is C14H20BrN3S. The van der Waals surface area contributed by atoms with Crippen molar-refractivity contribution in [3.05, 3.63) is 38.3 Å². The van der Waals surface area contributed by atoms with Crippen molar-refractivity contribution in [2.45, 2.75) is 39.8 Å². The maximum atomic E-state index is 4.35. The van der Waals surface area contributed by atoms with Gasteiger partial charge in [0.2, 0.25) is 0 Å². The number of hydrogen-bond acceptors (Lipinski definition) is 3. The van der Waals surface area contributed by atoms with Crippen LogP contribution in [0.2, 0.25) is 0 Å². The third-order valence-electron chi connectivity index (χ3n) is 3.12. The summed E-state index contributed by atoms with van der Waals surface area (Å²) in [7, 11) is 0. The van der Waals surface area contributed by atoms with Crippen molar-refractivity contribution in [1.29, 1.82) is 0 Å². The lowest BCUT2D eigenvalue weighted by molar-refractivity contribution is 0.557. The Hall–Kier alpha value is -0.650. The molecule has 3 nitrogen and oxygen atoms in total. The van der Waals surface area contributed by atoms with E-state index in [0.29, 0.717) is 6.04 Å². The average Bonchev–Trinajstić information content (AvgIpc) is 2.97. The lowest BCUT2D eigenvalue weighted by Crippen LogP contribution is -2.21. The standard InChI is InChI=1S/C14H20BrN3S/c1-4-16-12(13-6-10(3)14(15)19-13)7-11-8-17-18(5-2)9-11/h6,8-9,12,16H,4-5,7H2,1-3H3. The highest BCUT2D eigenvalue weighted by atomic mass is 79.9. The van der Waals surface area contributed by atoms with Gasteiger partial charge >= 0.3 is 0 Å². The number of thiophene rings is 1. The molecule has 1 N–H and O–H groups in total. The van der Waals surface area contributed by atoms with Crippen LogP contribution in [-0.4, -0.2) is 16.3 Å². The molecule has 2 heterocycles. The Morgan fingerprint density at radius 3 is 2.79 bits per heavy atom. The number of aryl methyl sites for hydroxylation is 2. The van der Waals surface area contributed by atoms with Gasteiger partial charge in [0.05, 0.1) is 9.98 Å². The maximum Gasteiger partial charge on any atom is 0.0731 e. The number of halogens is 1. The van der Waals surface area contributed by atoms with Crippen LogP contribution >= 0.6 is 27.3 Å². The lowest BCUT2D eigenvalue weighted by Gasteiger charge is -2.15. The predicted molar refractivity (Wildman–Crippen MR) is 84.8 cm³/mol. The fraction of sp³-hybridized carbons (Fsp3) is 0.500. The molecule has 1 atom stereocenters. The predicted octanol–water partition coefficient (Wildman–Crippen LogP) is 3.93. The fourth-order valence-electron chi connectivity index (χ4n) is 2.10. The number of nitrogens with one attached hydrogen (secondary N) is 1. The maximum absolute atomic E-state index is 4.35. The molecule has 0 saturated heterocycles. The number of nitrogens with zero attached hydrogens (tertiary/aromatic N) is 2. The quantitative estimate of drug-likeness (QED) is 0.862. The molecule has 2 aromatic heterocycles. The first-order chi connectivity index (χ1) is 9.13. The Kier molecular flexibility index (Phi) is 5.19. The van der Waals surface area contributed by atoms with E-state index in [1.54, 1.807) is 0 Å². The monoisotopic (exact) mass is 341 g/mol. The van der Waals surface area contributed by atoms with Gasteiger partial charge in [0, 0.05) is 23.7 Å². The molecule has 1 unspecified atom stereocenters. The Morgan fingerprint density at radius 2 is 2.26 bits per heavy atom. The Morgan fingerprint density at radius 1 is 1.47 bits per heavy atom. The van der Waals surface area contributed by atoms with Gasteiger partial charge in [0.15, 0.2) is 0 Å². The van der Waals surface area contributed by atoms with Gasteiger partial charge in [0.1, 0.15) is 0 Å². The Balaban J connectivity index is 2.15. The van der Waals surface area contributed by atoms with Crippen molar-refractivity contribution in [2.75, 3.05) is 6.54 Å². The van der Waals surface area contributed by atoms with E-state index >= 15 is 0 Å². The normalized spacial score (nSPS) is 12.8. The second kappa shape index (κ2) is 6.68. The van der Waals surface area contributed by atoms with Crippen LogP contribution in [-0.2, 0) is 13.0 Å². The highest BCUT2D eigenvalue weighted by molar-refractivity contribution is 9.11. The van der Waals surface area contributed by atoms with Gasteiger partial charge in [-0.2, -0.15) is 5.10 Å². The minimum atomic E-state index is 0.370. The van der Waals surface area contributed by atoms with Crippen molar-refractivity contribution in [3.8, 4) is 0 Å². The summed E-state index contributed by atoms with van der Waals surface area (Å²) in [6, 6.07) is 2.64. The Bertz CT molecular complexity index is 513. The van der Waals surface area contributed by atoms with Gasteiger partial charge in [-0.25, -0.2) is 0 Å². The van der Waals surface area contributed by atoms with Crippen LogP contribution in [0.25, 0.3) is 0 Å². The Labute approximate surface area is 127 Å². The number of aromatic nitrogens is 2. The minimum absolute atomic E-state index is 0.370. The molecule has 0 bridgehead atoms. The SMILES string of the molecule is CCNC(Cc1cnn(CC)c1)c1cc(C)c(Br)s1. The van der Waals surface area contributed by atoms with Gasteiger partial charge in [-0.1, -0.05) is 6.92 Å². The van der Waals surface area contributed by atoms with E-state index in [1.807, 2.05) is 22.2 Å². The number of rotatable bonds is 6. The molecule has 19 heavy (non-hydrogen) atoms. The molecular weight excluding hydrogens is 322 g/mol. The van der Waals surface area contributed by atoms with E-state index < -0.39 is 0 Å². The van der Waals surface area contributed by atoms with Crippen LogP contribution < -0.4 is 5.32 Å². The van der Waals surface area contributed by atoms with E-state index in [9.17, 15) is 0 Å². The van der Waals surface area contributed by atoms with Crippen molar-refractivity contribution in [1.82, 2.24) is 15.1 Å². The van der Waals surface area contributed by atoms with Crippen molar-refractivity contribution in [3.63, 3.8) is 0 Å². The van der Waals surface area contributed by atoms with Crippen molar-refractivity contribution >= 4 is 27.3 Å². The molecule has 0 saturated carbocycles. The summed E-state index contributed by atoms with van der Waals surface area (Å²) < 4.78 is 3.21. The summed E-state index contributed by atoms with van der Waals surface area (Å²) in [6.07, 6.45) is 5.10. The molecule has 104 valence electrons. The minimum Gasteiger partial charge on any atom is -0.309 e. The molecule has 0 aromatic carbocycles. The lowest BCUT2D eigenvalue weighted by atomic mass is 10.1. The van der Waals surface area contributed by atoms with Crippen LogP contribution in [0.1, 0.15) is 35.9 Å². The second-order valence-corrected chi connectivity index (χ2v) is 7.03. The van der Waals surface area contributed by atoms with Gasteiger partial charge in [0.25, 0.3) is 0 Å². The van der Waals surface area contributed by atoms with E-state index in [4.69, 9.17) is 0 Å². The largest absolute Gasteiger partial charge is 0.309 e. The zero-order chi connectivity index (χ0) is 13.8. The summed E-state index contributed by atoms with van der Waals surface area (Å²) in [4.78, 5) is 1.38. The molecule has 0 aliphatic carbocycles. The van der Waals surface area contributed by atoms with Gasteiger partial charge in [-0.3, -0.25) is 4.68 Å². The average molecular weight is 342 g/mol. The summed E-state index contributed by atoms with van der Waals surface area (Å²) in [6.45, 7) is 8.30.